The average molecular weight is 333 g/mol. The molecule has 0 atom stereocenters. The number of aliphatic imine (C=N–C) groups is 2. The zero-order chi connectivity index (χ0) is 12.1. The van der Waals surface area contributed by atoms with Crippen LogP contribution in [0, 0.1) is 3.57 Å². The third-order valence-corrected chi connectivity index (χ3v) is 2.47. The van der Waals surface area contributed by atoms with Crippen molar-refractivity contribution in [2.75, 3.05) is 7.11 Å². The summed E-state index contributed by atoms with van der Waals surface area (Å²) in [6, 6.07) is 5.37. The molecule has 0 heterocycles. The molecule has 0 aliphatic heterocycles. The Morgan fingerprint density at radius 3 is 2.50 bits per heavy atom. The molecule has 0 saturated carbocycles. The minimum absolute atomic E-state index is 0.0148. The van der Waals surface area contributed by atoms with Crippen molar-refractivity contribution in [2.24, 2.45) is 27.2 Å². The highest BCUT2D eigenvalue weighted by Gasteiger charge is 2.00. The van der Waals surface area contributed by atoms with E-state index in [9.17, 15) is 0 Å². The van der Waals surface area contributed by atoms with Crippen LogP contribution in [0.4, 0.5) is 5.69 Å². The quantitative estimate of drug-likeness (QED) is 0.416. The molecule has 0 spiro atoms. The van der Waals surface area contributed by atoms with Crippen LogP contribution in [-0.4, -0.2) is 19.0 Å². The number of methoxy groups -OCH3 is 1. The zero-order valence-electron chi connectivity index (χ0n) is 8.64. The molecular formula is C9H12IN5O. The standard InChI is InChI=1S/C9H12IN5O/c1-16-7-3-2-5(4-6(7)10)14-9(13)15-8(11)12/h2-4H,1H3,(H6,11,12,13,14,15). The van der Waals surface area contributed by atoms with Gasteiger partial charge in [0.15, 0.2) is 5.96 Å². The Bertz CT molecular complexity index is 440. The Labute approximate surface area is 107 Å². The van der Waals surface area contributed by atoms with Crippen LogP contribution in [0.3, 0.4) is 0 Å². The monoisotopic (exact) mass is 333 g/mol. The summed E-state index contributed by atoms with van der Waals surface area (Å²) in [5.41, 5.74) is 16.5. The Kier molecular flexibility index (Phi) is 4.35. The fraction of sp³-hybridized carbons (Fsp3) is 0.111. The van der Waals surface area contributed by atoms with Crippen LogP contribution in [0.25, 0.3) is 0 Å². The predicted octanol–water partition coefficient (Wildman–Crippen LogP) is 0.519. The van der Waals surface area contributed by atoms with E-state index in [0.717, 1.165) is 9.32 Å². The maximum absolute atomic E-state index is 5.50. The second kappa shape index (κ2) is 5.54. The molecule has 6 N–H and O–H groups in total. The van der Waals surface area contributed by atoms with Crippen molar-refractivity contribution in [1.29, 1.82) is 0 Å². The summed E-state index contributed by atoms with van der Waals surface area (Å²) in [6.07, 6.45) is 0. The summed E-state index contributed by atoms with van der Waals surface area (Å²) in [6.45, 7) is 0. The van der Waals surface area contributed by atoms with Crippen LogP contribution in [0.5, 0.6) is 5.75 Å². The summed E-state index contributed by atoms with van der Waals surface area (Å²) in [7, 11) is 1.61. The first kappa shape index (κ1) is 12.6. The van der Waals surface area contributed by atoms with Crippen LogP contribution in [0.15, 0.2) is 28.2 Å². The van der Waals surface area contributed by atoms with Crippen LogP contribution in [0.2, 0.25) is 0 Å². The molecule has 1 aromatic rings. The first-order valence-corrected chi connectivity index (χ1v) is 5.38. The average Bonchev–Trinajstić information content (AvgIpc) is 2.16. The molecule has 0 aliphatic rings. The Balaban J connectivity index is 2.99. The molecule has 0 fully saturated rings. The topological polar surface area (TPSA) is 112 Å². The number of nitrogens with zero attached hydrogens (tertiary/aromatic N) is 2. The molecule has 0 bridgehead atoms. The molecule has 0 radical (unpaired) electrons. The lowest BCUT2D eigenvalue weighted by atomic mass is 10.3. The summed E-state index contributed by atoms with van der Waals surface area (Å²) < 4.78 is 6.04. The van der Waals surface area contributed by atoms with Crippen molar-refractivity contribution >= 4 is 40.2 Å². The predicted molar refractivity (Wildman–Crippen MR) is 72.8 cm³/mol. The number of guanidine groups is 2. The molecule has 1 aromatic carbocycles. The SMILES string of the molecule is COc1ccc(N=C(N)N=C(N)N)cc1I. The van der Waals surface area contributed by atoms with E-state index in [1.54, 1.807) is 19.2 Å². The maximum Gasteiger partial charge on any atom is 0.223 e. The van der Waals surface area contributed by atoms with E-state index in [0.29, 0.717) is 5.69 Å². The third-order valence-electron chi connectivity index (χ3n) is 1.62. The molecule has 16 heavy (non-hydrogen) atoms. The maximum atomic E-state index is 5.50. The summed E-state index contributed by atoms with van der Waals surface area (Å²) in [5.74, 6) is 0.672. The molecular weight excluding hydrogens is 321 g/mol. The normalized spacial score (nSPS) is 11.0. The van der Waals surface area contributed by atoms with Crippen molar-refractivity contribution in [3.8, 4) is 5.75 Å². The van der Waals surface area contributed by atoms with E-state index >= 15 is 0 Å². The molecule has 7 heteroatoms. The van der Waals surface area contributed by atoms with Gasteiger partial charge < -0.3 is 21.9 Å². The minimum Gasteiger partial charge on any atom is -0.496 e. The molecule has 86 valence electrons. The van der Waals surface area contributed by atoms with Crippen LogP contribution in [-0.2, 0) is 0 Å². The highest BCUT2D eigenvalue weighted by molar-refractivity contribution is 14.1. The fourth-order valence-electron chi connectivity index (χ4n) is 1.01. The van der Waals surface area contributed by atoms with Gasteiger partial charge in [-0.2, -0.15) is 4.99 Å². The number of hydrogen-bond acceptors (Lipinski definition) is 2. The van der Waals surface area contributed by atoms with Crippen LogP contribution < -0.4 is 21.9 Å². The zero-order valence-corrected chi connectivity index (χ0v) is 10.8. The van der Waals surface area contributed by atoms with E-state index in [2.05, 4.69) is 32.6 Å². The molecule has 0 unspecified atom stereocenters. The Morgan fingerprint density at radius 2 is 2.00 bits per heavy atom. The van der Waals surface area contributed by atoms with E-state index in [1.165, 1.54) is 0 Å². The van der Waals surface area contributed by atoms with Gasteiger partial charge in [0, 0.05) is 0 Å². The second-order valence-corrected chi connectivity index (χ2v) is 3.99. The largest absolute Gasteiger partial charge is 0.496 e. The number of ether oxygens (including phenoxy) is 1. The van der Waals surface area contributed by atoms with E-state index in [1.807, 2.05) is 6.07 Å². The highest BCUT2D eigenvalue weighted by atomic mass is 127. The van der Waals surface area contributed by atoms with Gasteiger partial charge in [0.2, 0.25) is 5.96 Å². The number of halogens is 1. The second-order valence-electron chi connectivity index (χ2n) is 2.83. The van der Waals surface area contributed by atoms with Gasteiger partial charge in [-0.05, 0) is 40.8 Å². The van der Waals surface area contributed by atoms with Gasteiger partial charge in [0.25, 0.3) is 0 Å². The molecule has 0 amide bonds. The van der Waals surface area contributed by atoms with Gasteiger partial charge in [0.1, 0.15) is 5.75 Å². The van der Waals surface area contributed by atoms with Crippen LogP contribution >= 0.6 is 22.6 Å². The molecule has 0 aliphatic carbocycles. The Hall–Kier alpha value is -1.51. The van der Waals surface area contributed by atoms with Crippen LogP contribution in [0.1, 0.15) is 0 Å². The van der Waals surface area contributed by atoms with Crippen molar-refractivity contribution in [1.82, 2.24) is 0 Å². The highest BCUT2D eigenvalue weighted by Crippen LogP contribution is 2.25. The van der Waals surface area contributed by atoms with Gasteiger partial charge in [-0.25, -0.2) is 4.99 Å². The Morgan fingerprint density at radius 1 is 1.31 bits per heavy atom. The van der Waals surface area contributed by atoms with Gasteiger partial charge in [0.05, 0.1) is 16.4 Å². The number of hydrogen-bond donors (Lipinski definition) is 3. The third kappa shape index (κ3) is 3.57. The lowest BCUT2D eigenvalue weighted by Gasteiger charge is -2.03. The number of rotatable bonds is 2. The van der Waals surface area contributed by atoms with Crippen molar-refractivity contribution in [3.63, 3.8) is 0 Å². The lowest BCUT2D eigenvalue weighted by Crippen LogP contribution is -2.26. The van der Waals surface area contributed by atoms with Gasteiger partial charge in [-0.15, -0.1) is 0 Å². The summed E-state index contributed by atoms with van der Waals surface area (Å²) in [5, 5.41) is 0. The molecule has 6 nitrogen and oxygen atoms in total. The first-order chi connectivity index (χ1) is 7.52. The molecule has 0 saturated heterocycles. The number of benzene rings is 1. The molecule has 1 rings (SSSR count). The minimum atomic E-state index is -0.121. The van der Waals surface area contributed by atoms with E-state index in [4.69, 9.17) is 21.9 Å². The van der Waals surface area contributed by atoms with E-state index < -0.39 is 0 Å². The van der Waals surface area contributed by atoms with E-state index in [-0.39, 0.29) is 11.9 Å². The summed E-state index contributed by atoms with van der Waals surface area (Å²) in [4.78, 5) is 7.63. The smallest absolute Gasteiger partial charge is 0.223 e. The molecule has 0 aromatic heterocycles. The first-order valence-electron chi connectivity index (χ1n) is 4.30. The van der Waals surface area contributed by atoms with Gasteiger partial charge >= 0.3 is 0 Å². The summed E-state index contributed by atoms with van der Waals surface area (Å²) >= 11 is 2.14. The number of nitrogens with two attached hydrogens (primary N) is 3. The van der Waals surface area contributed by atoms with Gasteiger partial charge in [-0.1, -0.05) is 0 Å². The fourth-order valence-corrected chi connectivity index (χ4v) is 1.73. The van der Waals surface area contributed by atoms with Crippen molar-refractivity contribution in [3.05, 3.63) is 21.8 Å². The van der Waals surface area contributed by atoms with Gasteiger partial charge in [-0.3, -0.25) is 0 Å². The van der Waals surface area contributed by atoms with Crippen molar-refractivity contribution in [2.45, 2.75) is 0 Å². The van der Waals surface area contributed by atoms with Crippen molar-refractivity contribution < 1.29 is 4.74 Å². The lowest BCUT2D eigenvalue weighted by molar-refractivity contribution is 0.412.